The number of hydrogen-bond donors (Lipinski definition) is 2. The second-order valence-corrected chi connectivity index (χ2v) is 17.8. The van der Waals surface area contributed by atoms with Crippen LogP contribution in [0.3, 0.4) is 0 Å². The Morgan fingerprint density at radius 3 is 2.55 bits per heavy atom. The van der Waals surface area contributed by atoms with E-state index in [9.17, 15) is 22.8 Å². The molecule has 3 aromatic heterocycles. The van der Waals surface area contributed by atoms with Gasteiger partial charge in [-0.2, -0.15) is 13.2 Å². The van der Waals surface area contributed by atoms with E-state index in [1.165, 1.54) is 42.4 Å². The van der Waals surface area contributed by atoms with Crippen LogP contribution in [0.1, 0.15) is 68.8 Å². The number of pyridine rings is 1. The van der Waals surface area contributed by atoms with E-state index in [1.54, 1.807) is 29.1 Å². The Hall–Kier alpha value is -4.16. The van der Waals surface area contributed by atoms with Crippen molar-refractivity contribution in [1.82, 2.24) is 29.9 Å². The van der Waals surface area contributed by atoms with Gasteiger partial charge in [-0.15, -0.1) is 11.3 Å². The third-order valence-corrected chi connectivity index (χ3v) is 12.6. The minimum Gasteiger partial charge on any atom is -0.464 e. The summed E-state index contributed by atoms with van der Waals surface area (Å²) in [7, 11) is 1.52. The molecule has 1 aliphatic carbocycles. The van der Waals surface area contributed by atoms with Gasteiger partial charge in [-0.25, -0.2) is 14.8 Å². The molecule has 4 aliphatic rings. The highest BCUT2D eigenvalue weighted by Crippen LogP contribution is 2.44. The Labute approximate surface area is 338 Å². The molecule has 1 saturated carbocycles. The number of amides is 1. The predicted octanol–water partition coefficient (Wildman–Crippen LogP) is 6.01. The summed E-state index contributed by atoms with van der Waals surface area (Å²) in [6.45, 7) is 9.10. The second-order valence-electron chi connectivity index (χ2n) is 16.8. The Kier molecular flexibility index (Phi) is 11.1. The van der Waals surface area contributed by atoms with Crippen molar-refractivity contribution in [2.75, 3.05) is 51.3 Å². The summed E-state index contributed by atoms with van der Waals surface area (Å²) in [5, 5.41) is 3.60. The number of nitrogens with zero attached hydrogens (tertiary/aromatic N) is 6. The second kappa shape index (κ2) is 15.8. The lowest BCUT2D eigenvalue weighted by Crippen LogP contribution is -2.59. The number of hydrogen-bond acceptors (Lipinski definition) is 11. The number of esters is 1. The lowest BCUT2D eigenvalue weighted by Gasteiger charge is -2.36. The molecule has 312 valence electrons. The number of carbonyl (C=O) groups excluding carboxylic acids is 2. The molecule has 1 aromatic carbocycles. The molecule has 8 rings (SSSR count). The largest absolute Gasteiger partial charge is 0.464 e. The highest BCUT2D eigenvalue weighted by Gasteiger charge is 2.38. The zero-order valence-corrected chi connectivity index (χ0v) is 34.0. The summed E-state index contributed by atoms with van der Waals surface area (Å²) in [5.41, 5.74) is 11.0. The van der Waals surface area contributed by atoms with E-state index in [1.807, 2.05) is 19.9 Å². The van der Waals surface area contributed by atoms with Gasteiger partial charge in [0.15, 0.2) is 0 Å². The number of ether oxygens (including phenoxy) is 2. The fraction of sp³-hybridized carbons (Fsp3) is 0.561. The number of methoxy groups -OCH3 is 1. The summed E-state index contributed by atoms with van der Waals surface area (Å²) in [6, 6.07) is 3.45. The predicted molar refractivity (Wildman–Crippen MR) is 213 cm³/mol. The Bertz CT molecular complexity index is 2200. The minimum absolute atomic E-state index is 0.0601. The number of rotatable bonds is 6. The summed E-state index contributed by atoms with van der Waals surface area (Å²) in [5.74, 6) is -1.71. The van der Waals surface area contributed by atoms with E-state index in [0.717, 1.165) is 31.9 Å². The minimum atomic E-state index is -4.65. The number of anilines is 1. The van der Waals surface area contributed by atoms with Gasteiger partial charge in [-0.05, 0) is 56.4 Å². The molecule has 0 spiro atoms. The molecule has 4 aromatic rings. The number of benzene rings is 1. The van der Waals surface area contributed by atoms with E-state index in [2.05, 4.69) is 20.2 Å². The maximum absolute atomic E-state index is 16.5. The van der Waals surface area contributed by atoms with E-state index in [4.69, 9.17) is 20.2 Å². The molecule has 6 bridgehead atoms. The van der Waals surface area contributed by atoms with Crippen LogP contribution in [0.15, 0.2) is 29.8 Å². The highest BCUT2D eigenvalue weighted by molar-refractivity contribution is 7.10. The lowest BCUT2D eigenvalue weighted by molar-refractivity contribution is -0.155. The molecular formula is C41H50F4N8O4S. The number of piperazine rings is 1. The quantitative estimate of drug-likeness (QED) is 0.176. The molecular weight excluding hydrogens is 777 g/mol. The van der Waals surface area contributed by atoms with Gasteiger partial charge in [-0.3, -0.25) is 24.5 Å². The number of alkyl halides is 3. The molecule has 17 heteroatoms. The van der Waals surface area contributed by atoms with Crippen molar-refractivity contribution in [3.05, 3.63) is 51.9 Å². The highest BCUT2D eigenvalue weighted by atomic mass is 32.1. The third kappa shape index (κ3) is 8.33. The third-order valence-electron chi connectivity index (χ3n) is 11.7. The van der Waals surface area contributed by atoms with Gasteiger partial charge >= 0.3 is 12.1 Å². The molecule has 3 N–H and O–H groups in total. The molecule has 3 aliphatic heterocycles. The molecule has 0 radical (unpaired) electrons. The lowest BCUT2D eigenvalue weighted by atomic mass is 9.93. The van der Waals surface area contributed by atoms with Crippen molar-refractivity contribution < 1.29 is 36.6 Å². The molecule has 1 amide bonds. The summed E-state index contributed by atoms with van der Waals surface area (Å²) in [4.78, 5) is 41.1. The van der Waals surface area contributed by atoms with Crippen molar-refractivity contribution in [3.8, 4) is 22.5 Å². The first-order chi connectivity index (χ1) is 27.6. The summed E-state index contributed by atoms with van der Waals surface area (Å²) in [6.07, 6.45) is -1.38. The van der Waals surface area contributed by atoms with E-state index >= 15 is 4.39 Å². The molecule has 3 fully saturated rings. The first-order valence-electron chi connectivity index (χ1n) is 20.0. The average Bonchev–Trinajstić information content (AvgIpc) is 3.89. The Balaban J connectivity index is 1.32. The smallest absolute Gasteiger partial charge is 0.393 e. The standard InChI is InChI=1S/C41H50F4N8O4S/c1-23(56-4)36-28(14-25(19-47-36)51-12-10-50(11-13-51)24-7-8-24)37-29(18-41(43,44)45)26-15-30(42)27-16-34(26)52(37)21-40(2,3)22-57-39(55)32-6-5-9-53(49-32)38(54)31(46)17-35-48-33(27)20-58-35/h14-16,19-20,23-24,31-32,49H,5-13,17-18,21-22,46H2,1-4H3/t23-,31-,32-/m0/s1. The van der Waals surface area contributed by atoms with Gasteiger partial charge in [0.05, 0.1) is 59.1 Å². The fourth-order valence-electron chi connectivity index (χ4n) is 8.49. The first kappa shape index (κ1) is 40.6. The van der Waals surface area contributed by atoms with Crippen LogP contribution in [0.25, 0.3) is 33.4 Å². The maximum Gasteiger partial charge on any atom is 0.393 e. The van der Waals surface area contributed by atoms with Crippen molar-refractivity contribution in [2.45, 2.75) is 96.2 Å². The molecule has 12 nitrogen and oxygen atoms in total. The van der Waals surface area contributed by atoms with Crippen LogP contribution in [0.5, 0.6) is 0 Å². The number of halogens is 4. The number of carbonyl (C=O) groups is 2. The maximum atomic E-state index is 16.5. The van der Waals surface area contributed by atoms with Gasteiger partial charge in [0, 0.05) is 91.7 Å². The van der Waals surface area contributed by atoms with Crippen LogP contribution in [0, 0.1) is 11.2 Å². The Morgan fingerprint density at radius 1 is 1.09 bits per heavy atom. The molecule has 3 atom stereocenters. The van der Waals surface area contributed by atoms with Crippen molar-refractivity contribution >= 4 is 39.8 Å². The summed E-state index contributed by atoms with van der Waals surface area (Å²) < 4.78 is 74.4. The van der Waals surface area contributed by atoms with Crippen molar-refractivity contribution in [3.63, 3.8) is 0 Å². The number of thiazole rings is 1. The summed E-state index contributed by atoms with van der Waals surface area (Å²) >= 11 is 1.21. The van der Waals surface area contributed by atoms with Crippen molar-refractivity contribution in [2.24, 2.45) is 11.1 Å². The fourth-order valence-corrected chi connectivity index (χ4v) is 9.35. The number of aromatic nitrogens is 3. The SMILES string of the molecule is CO[C@@H](C)c1ncc(N2CCN(C3CC3)CC2)cc1-c1c(CC(F)(F)F)c2cc(F)c3cc2n1CC(C)(C)COC(=O)[C@@H]1CCCN(N1)C(=O)[C@@H](N)Cc1nc-3cs1. The zero-order valence-electron chi connectivity index (χ0n) is 33.2. The van der Waals surface area contributed by atoms with Crippen LogP contribution in [-0.4, -0.2) is 107 Å². The molecule has 58 heavy (non-hydrogen) atoms. The van der Waals surface area contributed by atoms with Gasteiger partial charge < -0.3 is 24.7 Å². The first-order valence-corrected chi connectivity index (χ1v) is 20.8. The average molecular weight is 827 g/mol. The monoisotopic (exact) mass is 826 g/mol. The van der Waals surface area contributed by atoms with E-state index in [-0.39, 0.29) is 47.5 Å². The molecule has 6 heterocycles. The number of fused-ring (bicyclic) bond motifs is 6. The van der Waals surface area contributed by atoms with E-state index in [0.29, 0.717) is 47.2 Å². The number of cyclic esters (lactones) is 1. The van der Waals surface area contributed by atoms with Crippen molar-refractivity contribution in [1.29, 1.82) is 0 Å². The van der Waals surface area contributed by atoms with Gasteiger partial charge in [0.2, 0.25) is 0 Å². The van der Waals surface area contributed by atoms with Crippen LogP contribution in [0.2, 0.25) is 0 Å². The normalized spacial score (nSPS) is 22.9. The zero-order chi connectivity index (χ0) is 41.1. The van der Waals surface area contributed by atoms with Crippen LogP contribution < -0.4 is 16.1 Å². The molecule has 2 saturated heterocycles. The van der Waals surface area contributed by atoms with Crippen LogP contribution >= 0.6 is 11.3 Å². The Morgan fingerprint density at radius 2 is 1.84 bits per heavy atom. The topological polar surface area (TPSA) is 131 Å². The van der Waals surface area contributed by atoms with Gasteiger partial charge in [-0.1, -0.05) is 13.8 Å². The van der Waals surface area contributed by atoms with Gasteiger partial charge in [0.1, 0.15) is 11.9 Å². The van der Waals surface area contributed by atoms with Crippen LogP contribution in [-0.2, 0) is 38.4 Å². The molecule has 0 unspecified atom stereocenters. The van der Waals surface area contributed by atoms with E-state index < -0.39 is 53.9 Å². The number of nitrogens with two attached hydrogens (primary N) is 1. The van der Waals surface area contributed by atoms with Crippen LogP contribution in [0.4, 0.5) is 23.2 Å². The number of hydrazine groups is 1. The van der Waals surface area contributed by atoms with Gasteiger partial charge in [0.25, 0.3) is 5.91 Å². The number of nitrogens with one attached hydrogen (secondary N) is 1.